The van der Waals surface area contributed by atoms with E-state index < -0.39 is 24.5 Å². The summed E-state index contributed by atoms with van der Waals surface area (Å²) in [5, 5.41) is 0. The number of aromatic nitrogens is 2. The highest BCUT2D eigenvalue weighted by atomic mass is 19.4. The van der Waals surface area contributed by atoms with E-state index in [9.17, 15) is 22.8 Å². The molecule has 1 atom stereocenters. The molecule has 5 nitrogen and oxygen atoms in total. The van der Waals surface area contributed by atoms with Gasteiger partial charge in [-0.15, -0.1) is 0 Å². The molecule has 166 valence electrons. The molecule has 4 rings (SSSR count). The van der Waals surface area contributed by atoms with E-state index in [1.807, 2.05) is 42.5 Å². The van der Waals surface area contributed by atoms with Crippen molar-refractivity contribution in [2.45, 2.75) is 25.4 Å². The van der Waals surface area contributed by atoms with E-state index in [4.69, 9.17) is 0 Å². The van der Waals surface area contributed by atoms with E-state index in [1.165, 1.54) is 0 Å². The fourth-order valence-corrected chi connectivity index (χ4v) is 4.30. The summed E-state index contributed by atoms with van der Waals surface area (Å²) >= 11 is 0. The number of fused-ring (bicyclic) bond motifs is 1. The van der Waals surface area contributed by atoms with Crippen LogP contribution in [0, 0.1) is 5.92 Å². The highest BCUT2D eigenvalue weighted by Gasteiger charge is 2.38. The molecule has 2 aromatic heterocycles. The molecule has 2 heterocycles. The highest BCUT2D eigenvalue weighted by Crippen LogP contribution is 2.36. The molecule has 0 bridgehead atoms. The van der Waals surface area contributed by atoms with Crippen LogP contribution in [-0.4, -0.2) is 46.3 Å². The topological polar surface area (TPSA) is 66.1 Å². The molecular formula is C24H22F3N3O2. The summed E-state index contributed by atoms with van der Waals surface area (Å²) in [6.07, 6.45) is -0.581. The second-order valence-corrected chi connectivity index (χ2v) is 8.07. The van der Waals surface area contributed by atoms with Gasteiger partial charge in [-0.2, -0.15) is 13.2 Å². The summed E-state index contributed by atoms with van der Waals surface area (Å²) in [4.78, 5) is 33.8. The van der Waals surface area contributed by atoms with E-state index in [0.29, 0.717) is 22.6 Å². The van der Waals surface area contributed by atoms with Gasteiger partial charge >= 0.3 is 6.18 Å². The summed E-state index contributed by atoms with van der Waals surface area (Å²) in [6, 6.07) is 13.4. The molecule has 0 spiro atoms. The van der Waals surface area contributed by atoms with Crippen LogP contribution in [0.4, 0.5) is 13.2 Å². The van der Waals surface area contributed by atoms with Crippen LogP contribution in [0.3, 0.4) is 0 Å². The third-order valence-electron chi connectivity index (χ3n) is 5.68. The van der Waals surface area contributed by atoms with Gasteiger partial charge in [0.05, 0.1) is 11.6 Å². The summed E-state index contributed by atoms with van der Waals surface area (Å²) in [5.41, 5.74) is 4.62. The smallest absolute Gasteiger partial charge is 0.358 e. The normalized spacial score (nSPS) is 16.0. The Morgan fingerprint density at radius 3 is 2.47 bits per heavy atom. The molecule has 1 amide bonds. The zero-order valence-electron chi connectivity index (χ0n) is 17.4. The van der Waals surface area contributed by atoms with Crippen molar-refractivity contribution in [3.63, 3.8) is 0 Å². The molecule has 0 fully saturated rings. The maximum atomic E-state index is 13.1. The Labute approximate surface area is 183 Å². The van der Waals surface area contributed by atoms with Crippen molar-refractivity contribution in [1.29, 1.82) is 0 Å². The van der Waals surface area contributed by atoms with E-state index >= 15 is 0 Å². The Hall–Kier alpha value is -3.42. The van der Waals surface area contributed by atoms with Gasteiger partial charge in [0.25, 0.3) is 0 Å². The van der Waals surface area contributed by atoms with Gasteiger partial charge in [0.1, 0.15) is 6.54 Å². The number of H-pyrrole nitrogens is 1. The minimum Gasteiger partial charge on any atom is -0.358 e. The lowest BCUT2D eigenvalue weighted by Crippen LogP contribution is -2.41. The fraction of sp³-hybridized carbons (Fsp3) is 0.292. The summed E-state index contributed by atoms with van der Waals surface area (Å²) in [5.74, 6) is -1.73. The van der Waals surface area contributed by atoms with Gasteiger partial charge in [0.15, 0.2) is 5.78 Å². The summed E-state index contributed by atoms with van der Waals surface area (Å²) in [7, 11) is 1.12. The molecule has 1 aromatic carbocycles. The number of halogens is 3. The first kappa shape index (κ1) is 21.8. The second kappa shape index (κ2) is 8.61. The maximum Gasteiger partial charge on any atom is 0.406 e. The second-order valence-electron chi connectivity index (χ2n) is 8.07. The minimum atomic E-state index is -4.49. The first-order valence-electron chi connectivity index (χ1n) is 10.3. The number of nitrogens with zero attached hydrogens (tertiary/aromatic N) is 2. The molecule has 1 aliphatic rings. The molecule has 0 radical (unpaired) electrons. The Morgan fingerprint density at radius 2 is 1.81 bits per heavy atom. The van der Waals surface area contributed by atoms with Gasteiger partial charge in [-0.25, -0.2) is 0 Å². The lowest BCUT2D eigenvalue weighted by atomic mass is 9.83. The predicted octanol–water partition coefficient (Wildman–Crippen LogP) is 4.43. The lowest BCUT2D eigenvalue weighted by molar-refractivity contribution is -0.160. The number of hydrogen-bond acceptors (Lipinski definition) is 3. The van der Waals surface area contributed by atoms with Crippen molar-refractivity contribution >= 4 is 11.7 Å². The zero-order valence-corrected chi connectivity index (χ0v) is 17.4. The Balaban J connectivity index is 1.70. The monoisotopic (exact) mass is 441 g/mol. The number of nitrogens with one attached hydrogen (secondary N) is 1. The van der Waals surface area contributed by atoms with E-state index in [0.717, 1.165) is 29.4 Å². The number of benzene rings is 1. The number of alkyl halides is 3. The van der Waals surface area contributed by atoms with Crippen LogP contribution in [0.2, 0.25) is 0 Å². The Bertz CT molecular complexity index is 1120. The van der Waals surface area contributed by atoms with Crippen LogP contribution in [0.5, 0.6) is 0 Å². The van der Waals surface area contributed by atoms with Crippen LogP contribution in [0.25, 0.3) is 11.3 Å². The largest absolute Gasteiger partial charge is 0.406 e. The van der Waals surface area contributed by atoms with Crippen molar-refractivity contribution < 1.29 is 22.8 Å². The van der Waals surface area contributed by atoms with E-state index in [1.54, 1.807) is 12.4 Å². The Morgan fingerprint density at radius 1 is 1.12 bits per heavy atom. The molecule has 1 unspecified atom stereocenters. The number of amides is 1. The van der Waals surface area contributed by atoms with E-state index in [2.05, 4.69) is 9.97 Å². The number of aromatic amines is 1. The fourth-order valence-electron chi connectivity index (χ4n) is 4.30. The van der Waals surface area contributed by atoms with Crippen LogP contribution in [-0.2, 0) is 17.6 Å². The molecular weight excluding hydrogens is 419 g/mol. The molecule has 0 saturated heterocycles. The van der Waals surface area contributed by atoms with Gasteiger partial charge < -0.3 is 9.88 Å². The zero-order chi connectivity index (χ0) is 22.9. The standard InChI is InChI=1S/C24H22F3N3O2/c1-30(14-24(25,26)27)23(32)17-12-19-21(20(31)13-17)18(11-15-5-3-2-4-6-15)22(29-19)16-7-9-28-10-8-16/h2-10,17,29H,11-14H2,1H3. The van der Waals surface area contributed by atoms with Crippen LogP contribution >= 0.6 is 0 Å². The third kappa shape index (κ3) is 4.59. The first-order chi connectivity index (χ1) is 15.2. The lowest BCUT2D eigenvalue weighted by Gasteiger charge is -2.27. The quantitative estimate of drug-likeness (QED) is 0.637. The molecule has 0 aliphatic heterocycles. The maximum absolute atomic E-state index is 13.1. The average Bonchev–Trinajstić information content (AvgIpc) is 3.12. The molecule has 8 heteroatoms. The van der Waals surface area contributed by atoms with Crippen LogP contribution in [0.15, 0.2) is 54.9 Å². The Kier molecular flexibility index (Phi) is 5.86. The molecule has 1 N–H and O–H groups in total. The van der Waals surface area contributed by atoms with Crippen molar-refractivity contribution in [3.05, 3.63) is 77.2 Å². The van der Waals surface area contributed by atoms with Crippen LogP contribution < -0.4 is 0 Å². The number of ketones is 1. The molecule has 0 saturated carbocycles. The number of Topliss-reactive ketones (excluding diaryl/α,β-unsaturated/α-hetero) is 1. The van der Waals surface area contributed by atoms with Crippen molar-refractivity contribution in [2.24, 2.45) is 5.92 Å². The summed E-state index contributed by atoms with van der Waals surface area (Å²) < 4.78 is 38.2. The number of pyridine rings is 1. The third-order valence-corrected chi connectivity index (χ3v) is 5.68. The van der Waals surface area contributed by atoms with Gasteiger partial charge in [-0.1, -0.05) is 30.3 Å². The predicted molar refractivity (Wildman–Crippen MR) is 113 cm³/mol. The number of carbonyl (C=O) groups is 2. The molecule has 32 heavy (non-hydrogen) atoms. The molecule has 1 aliphatic carbocycles. The van der Waals surface area contributed by atoms with Crippen LogP contribution in [0.1, 0.15) is 33.6 Å². The van der Waals surface area contributed by atoms with Crippen molar-refractivity contribution in [1.82, 2.24) is 14.9 Å². The van der Waals surface area contributed by atoms with Gasteiger partial charge in [-0.3, -0.25) is 14.6 Å². The number of carbonyl (C=O) groups excluding carboxylic acids is 2. The summed E-state index contributed by atoms with van der Waals surface area (Å²) in [6.45, 7) is -1.34. The highest BCUT2D eigenvalue weighted by molar-refractivity contribution is 6.04. The van der Waals surface area contributed by atoms with Crippen molar-refractivity contribution in [2.75, 3.05) is 13.6 Å². The SMILES string of the molecule is CN(CC(F)(F)F)C(=O)C1CC(=O)c2c([nH]c(-c3ccncc3)c2Cc2ccccc2)C1. The van der Waals surface area contributed by atoms with Crippen molar-refractivity contribution in [3.8, 4) is 11.3 Å². The van der Waals surface area contributed by atoms with Gasteiger partial charge in [0, 0.05) is 55.5 Å². The van der Waals surface area contributed by atoms with E-state index in [-0.39, 0.29) is 18.6 Å². The number of rotatable bonds is 5. The molecule has 3 aromatic rings. The average molecular weight is 441 g/mol. The minimum absolute atomic E-state index is 0.108. The van der Waals surface area contributed by atoms with Gasteiger partial charge in [-0.05, 0) is 23.3 Å². The first-order valence-corrected chi connectivity index (χ1v) is 10.3. The number of hydrogen-bond donors (Lipinski definition) is 1. The van der Waals surface area contributed by atoms with Gasteiger partial charge in [0.2, 0.25) is 5.91 Å².